The minimum Gasteiger partial charge on any atom is -0.455 e. The third kappa shape index (κ3) is 3.76. The molecule has 2 atom stereocenters. The van der Waals surface area contributed by atoms with Crippen LogP contribution in [0.2, 0.25) is 0 Å². The van der Waals surface area contributed by atoms with Crippen molar-refractivity contribution in [3.8, 4) is 0 Å². The standard InChI is InChI=1S/C22H21NO5/c24-20(23-18-11-5-7-14-6-1-2-8-15(14)18)13-27-21(25)12-19-16-9-3-4-10-17(16)22(26)28-19/h1-4,6,8-10,18-19H,5,7,11-13H2,(H,23,24). The van der Waals surface area contributed by atoms with Crippen LogP contribution < -0.4 is 5.32 Å². The molecule has 0 radical (unpaired) electrons. The maximum Gasteiger partial charge on any atom is 0.339 e. The first-order valence-corrected chi connectivity index (χ1v) is 9.44. The number of carbonyl (C=O) groups is 3. The van der Waals surface area contributed by atoms with Crippen LogP contribution >= 0.6 is 0 Å². The third-order valence-electron chi connectivity index (χ3n) is 5.20. The van der Waals surface area contributed by atoms with Crippen LogP contribution in [0, 0.1) is 0 Å². The van der Waals surface area contributed by atoms with Crippen molar-refractivity contribution in [3.63, 3.8) is 0 Å². The van der Waals surface area contributed by atoms with Gasteiger partial charge in [-0.2, -0.15) is 0 Å². The van der Waals surface area contributed by atoms with Crippen molar-refractivity contribution >= 4 is 17.8 Å². The van der Waals surface area contributed by atoms with Gasteiger partial charge in [0.25, 0.3) is 5.91 Å². The number of hydrogen-bond acceptors (Lipinski definition) is 5. The first kappa shape index (κ1) is 18.2. The number of cyclic esters (lactones) is 1. The van der Waals surface area contributed by atoms with Crippen molar-refractivity contribution in [1.29, 1.82) is 0 Å². The highest BCUT2D eigenvalue weighted by Crippen LogP contribution is 2.33. The average Bonchev–Trinajstić information content (AvgIpc) is 3.02. The zero-order valence-electron chi connectivity index (χ0n) is 15.4. The molecule has 0 spiro atoms. The van der Waals surface area contributed by atoms with E-state index in [9.17, 15) is 14.4 Å². The highest BCUT2D eigenvalue weighted by atomic mass is 16.6. The Labute approximate surface area is 162 Å². The van der Waals surface area contributed by atoms with E-state index in [4.69, 9.17) is 9.47 Å². The lowest BCUT2D eigenvalue weighted by Crippen LogP contribution is -2.34. The van der Waals surface area contributed by atoms with Crippen LogP contribution in [0.1, 0.15) is 58.5 Å². The van der Waals surface area contributed by atoms with E-state index in [1.165, 1.54) is 5.56 Å². The van der Waals surface area contributed by atoms with E-state index < -0.39 is 18.0 Å². The Balaban J connectivity index is 1.29. The van der Waals surface area contributed by atoms with Gasteiger partial charge in [-0.15, -0.1) is 0 Å². The smallest absolute Gasteiger partial charge is 0.339 e. The Kier molecular flexibility index (Phi) is 5.10. The maximum atomic E-state index is 12.2. The predicted molar refractivity (Wildman–Crippen MR) is 100 cm³/mol. The Bertz CT molecular complexity index is 923. The topological polar surface area (TPSA) is 81.7 Å². The lowest BCUT2D eigenvalue weighted by atomic mass is 9.88. The fraction of sp³-hybridized carbons (Fsp3) is 0.318. The first-order valence-electron chi connectivity index (χ1n) is 9.44. The van der Waals surface area contributed by atoms with Crippen LogP contribution in [0.25, 0.3) is 0 Å². The molecular weight excluding hydrogens is 358 g/mol. The zero-order valence-corrected chi connectivity index (χ0v) is 15.4. The van der Waals surface area contributed by atoms with Gasteiger partial charge in [0.2, 0.25) is 0 Å². The number of aryl methyl sites for hydroxylation is 1. The van der Waals surface area contributed by atoms with Gasteiger partial charge in [-0.1, -0.05) is 42.5 Å². The van der Waals surface area contributed by atoms with Gasteiger partial charge in [0.1, 0.15) is 6.10 Å². The molecule has 2 unspecified atom stereocenters. The Hall–Kier alpha value is -3.15. The summed E-state index contributed by atoms with van der Waals surface area (Å²) in [5.41, 5.74) is 3.52. The lowest BCUT2D eigenvalue weighted by Gasteiger charge is -2.26. The molecule has 2 aromatic carbocycles. The van der Waals surface area contributed by atoms with Crippen molar-refractivity contribution in [1.82, 2.24) is 5.32 Å². The molecule has 1 aliphatic heterocycles. The van der Waals surface area contributed by atoms with E-state index in [-0.39, 0.29) is 25.0 Å². The van der Waals surface area contributed by atoms with Gasteiger partial charge in [-0.3, -0.25) is 9.59 Å². The fourth-order valence-corrected chi connectivity index (χ4v) is 3.87. The molecule has 6 nitrogen and oxygen atoms in total. The molecule has 1 N–H and O–H groups in total. The van der Waals surface area contributed by atoms with E-state index in [0.29, 0.717) is 11.1 Å². The summed E-state index contributed by atoms with van der Waals surface area (Å²) >= 11 is 0. The second-order valence-electron chi connectivity index (χ2n) is 7.06. The van der Waals surface area contributed by atoms with Crippen molar-refractivity contribution < 1.29 is 23.9 Å². The summed E-state index contributed by atoms with van der Waals surface area (Å²) in [6, 6.07) is 15.0. The largest absolute Gasteiger partial charge is 0.455 e. The van der Waals surface area contributed by atoms with Crippen molar-refractivity contribution in [2.75, 3.05) is 6.61 Å². The number of nitrogens with one attached hydrogen (secondary N) is 1. The molecule has 6 heteroatoms. The van der Waals surface area contributed by atoms with Crippen molar-refractivity contribution in [3.05, 3.63) is 70.8 Å². The molecule has 1 heterocycles. The van der Waals surface area contributed by atoms with Gasteiger partial charge < -0.3 is 14.8 Å². The normalized spacial score (nSPS) is 19.9. The molecule has 4 rings (SSSR count). The van der Waals surface area contributed by atoms with E-state index in [1.54, 1.807) is 24.3 Å². The Morgan fingerprint density at radius 1 is 1.07 bits per heavy atom. The van der Waals surface area contributed by atoms with Gasteiger partial charge in [0.15, 0.2) is 6.61 Å². The van der Waals surface area contributed by atoms with Gasteiger partial charge in [-0.05, 0) is 36.5 Å². The van der Waals surface area contributed by atoms with Gasteiger partial charge in [0, 0.05) is 5.56 Å². The number of esters is 2. The Morgan fingerprint density at radius 2 is 1.82 bits per heavy atom. The predicted octanol–water partition coefficient (Wildman–Crippen LogP) is 3.03. The number of rotatable bonds is 5. The third-order valence-corrected chi connectivity index (χ3v) is 5.20. The molecule has 0 bridgehead atoms. The van der Waals surface area contributed by atoms with Crippen molar-refractivity contribution in [2.24, 2.45) is 0 Å². The highest BCUT2D eigenvalue weighted by Gasteiger charge is 2.32. The summed E-state index contributed by atoms with van der Waals surface area (Å²) in [5, 5.41) is 2.95. The second kappa shape index (κ2) is 7.84. The van der Waals surface area contributed by atoms with Gasteiger partial charge in [0.05, 0.1) is 18.0 Å². The number of carbonyl (C=O) groups excluding carboxylic acids is 3. The molecule has 0 aromatic heterocycles. The molecule has 2 aromatic rings. The maximum absolute atomic E-state index is 12.2. The summed E-state index contributed by atoms with van der Waals surface area (Å²) in [6.07, 6.45) is 2.12. The van der Waals surface area contributed by atoms with Gasteiger partial charge in [-0.25, -0.2) is 4.79 Å². The zero-order chi connectivity index (χ0) is 19.5. The summed E-state index contributed by atoms with van der Waals surface area (Å²) in [6.45, 7) is -0.347. The second-order valence-corrected chi connectivity index (χ2v) is 7.06. The van der Waals surface area contributed by atoms with Crippen LogP contribution in [-0.4, -0.2) is 24.5 Å². The molecular formula is C22H21NO5. The lowest BCUT2D eigenvalue weighted by molar-refractivity contribution is -0.150. The molecule has 144 valence electrons. The average molecular weight is 379 g/mol. The van der Waals surface area contributed by atoms with E-state index >= 15 is 0 Å². The summed E-state index contributed by atoms with van der Waals surface area (Å²) in [5.74, 6) is -1.35. The molecule has 1 amide bonds. The van der Waals surface area contributed by atoms with E-state index in [0.717, 1.165) is 24.8 Å². The number of hydrogen-bond donors (Lipinski definition) is 1. The van der Waals surface area contributed by atoms with Crippen LogP contribution in [-0.2, 0) is 25.5 Å². The SMILES string of the molecule is O=C(COC(=O)CC1OC(=O)c2ccccc21)NC1CCCc2ccccc21. The van der Waals surface area contributed by atoms with Crippen LogP contribution in [0.3, 0.4) is 0 Å². The van der Waals surface area contributed by atoms with Gasteiger partial charge >= 0.3 is 11.9 Å². The molecule has 0 fully saturated rings. The molecule has 28 heavy (non-hydrogen) atoms. The Morgan fingerprint density at radius 3 is 2.68 bits per heavy atom. The quantitative estimate of drug-likeness (QED) is 0.808. The summed E-state index contributed by atoms with van der Waals surface area (Å²) < 4.78 is 10.3. The summed E-state index contributed by atoms with van der Waals surface area (Å²) in [4.78, 5) is 36.2. The monoisotopic (exact) mass is 379 g/mol. The van der Waals surface area contributed by atoms with Crippen LogP contribution in [0.15, 0.2) is 48.5 Å². The number of benzene rings is 2. The number of ether oxygens (including phenoxy) is 2. The molecule has 0 saturated heterocycles. The molecule has 0 saturated carbocycles. The number of fused-ring (bicyclic) bond motifs is 2. The number of amides is 1. The fourth-order valence-electron chi connectivity index (χ4n) is 3.87. The van der Waals surface area contributed by atoms with E-state index in [2.05, 4.69) is 11.4 Å². The molecule has 2 aliphatic rings. The first-order chi connectivity index (χ1) is 13.6. The minimum atomic E-state index is -0.663. The van der Waals surface area contributed by atoms with Crippen LogP contribution in [0.5, 0.6) is 0 Å². The molecule has 1 aliphatic carbocycles. The van der Waals surface area contributed by atoms with Crippen molar-refractivity contribution in [2.45, 2.75) is 37.8 Å². The highest BCUT2D eigenvalue weighted by molar-refractivity contribution is 5.94. The van der Waals surface area contributed by atoms with Crippen LogP contribution in [0.4, 0.5) is 0 Å². The van der Waals surface area contributed by atoms with E-state index in [1.807, 2.05) is 18.2 Å². The minimum absolute atomic E-state index is 0.0567. The summed E-state index contributed by atoms with van der Waals surface area (Å²) in [7, 11) is 0.